The van der Waals surface area contributed by atoms with Crippen LogP contribution in [0.3, 0.4) is 0 Å². The second kappa shape index (κ2) is 7.24. The Morgan fingerprint density at radius 1 is 1.10 bits per heavy atom. The summed E-state index contributed by atoms with van der Waals surface area (Å²) in [5.41, 5.74) is 6.27. The van der Waals surface area contributed by atoms with Crippen molar-refractivity contribution in [1.29, 1.82) is 0 Å². The quantitative estimate of drug-likeness (QED) is 0.651. The van der Waals surface area contributed by atoms with E-state index >= 15 is 0 Å². The SMILES string of the molecule is NC(=S)c1ccc(OCCOc2c(F)cccc2Cl)cc1. The number of halogens is 2. The van der Waals surface area contributed by atoms with Crippen LogP contribution in [0.15, 0.2) is 42.5 Å². The zero-order valence-corrected chi connectivity index (χ0v) is 12.6. The summed E-state index contributed by atoms with van der Waals surface area (Å²) in [7, 11) is 0. The van der Waals surface area contributed by atoms with Crippen LogP contribution in [0.1, 0.15) is 5.56 Å². The minimum atomic E-state index is -0.497. The maximum Gasteiger partial charge on any atom is 0.173 e. The molecule has 0 aliphatic carbocycles. The maximum absolute atomic E-state index is 13.4. The lowest BCUT2D eigenvalue weighted by Crippen LogP contribution is -2.11. The maximum atomic E-state index is 13.4. The van der Waals surface area contributed by atoms with Gasteiger partial charge < -0.3 is 15.2 Å². The van der Waals surface area contributed by atoms with Gasteiger partial charge in [-0.15, -0.1) is 0 Å². The Balaban J connectivity index is 1.83. The largest absolute Gasteiger partial charge is 0.490 e. The highest BCUT2D eigenvalue weighted by Crippen LogP contribution is 2.27. The predicted molar refractivity (Wildman–Crippen MR) is 84.7 cm³/mol. The van der Waals surface area contributed by atoms with E-state index in [1.54, 1.807) is 30.3 Å². The van der Waals surface area contributed by atoms with E-state index in [2.05, 4.69) is 0 Å². The Morgan fingerprint density at radius 2 is 1.76 bits per heavy atom. The lowest BCUT2D eigenvalue weighted by molar-refractivity contribution is 0.211. The average Bonchev–Trinajstić information content (AvgIpc) is 2.46. The molecule has 0 aromatic heterocycles. The highest BCUT2D eigenvalue weighted by molar-refractivity contribution is 7.80. The lowest BCUT2D eigenvalue weighted by Gasteiger charge is -2.10. The predicted octanol–water partition coefficient (Wildman–Crippen LogP) is 3.57. The van der Waals surface area contributed by atoms with Crippen LogP contribution in [-0.4, -0.2) is 18.2 Å². The van der Waals surface area contributed by atoms with Crippen molar-refractivity contribution >= 4 is 28.8 Å². The molecule has 0 aliphatic rings. The van der Waals surface area contributed by atoms with Crippen molar-refractivity contribution in [3.05, 3.63) is 58.9 Å². The molecule has 2 N–H and O–H groups in total. The molecule has 0 bridgehead atoms. The van der Waals surface area contributed by atoms with Gasteiger partial charge in [0, 0.05) is 5.56 Å². The minimum absolute atomic E-state index is 0.0339. The summed E-state index contributed by atoms with van der Waals surface area (Å²) in [6.07, 6.45) is 0. The zero-order chi connectivity index (χ0) is 15.2. The van der Waals surface area contributed by atoms with Crippen molar-refractivity contribution < 1.29 is 13.9 Å². The van der Waals surface area contributed by atoms with Gasteiger partial charge in [0.15, 0.2) is 11.6 Å². The summed E-state index contributed by atoms with van der Waals surface area (Å²) in [6, 6.07) is 11.4. The van der Waals surface area contributed by atoms with E-state index in [-0.39, 0.29) is 24.0 Å². The van der Waals surface area contributed by atoms with Crippen LogP contribution in [0.4, 0.5) is 4.39 Å². The normalized spacial score (nSPS) is 10.2. The second-order valence-electron chi connectivity index (χ2n) is 4.14. The van der Waals surface area contributed by atoms with Gasteiger partial charge in [-0.3, -0.25) is 0 Å². The number of benzene rings is 2. The van der Waals surface area contributed by atoms with E-state index in [9.17, 15) is 4.39 Å². The third-order valence-electron chi connectivity index (χ3n) is 2.66. The Hall–Kier alpha value is -1.85. The van der Waals surface area contributed by atoms with Crippen LogP contribution in [0.2, 0.25) is 5.02 Å². The number of para-hydroxylation sites is 1. The summed E-state index contributed by atoms with van der Waals surface area (Å²) >= 11 is 10.7. The van der Waals surface area contributed by atoms with Crippen LogP contribution in [-0.2, 0) is 0 Å². The Labute approximate surface area is 132 Å². The molecule has 0 unspecified atom stereocenters. The highest BCUT2D eigenvalue weighted by Gasteiger charge is 2.07. The molecular weight excluding hydrogens is 313 g/mol. The fourth-order valence-corrected chi connectivity index (χ4v) is 1.99. The molecule has 21 heavy (non-hydrogen) atoms. The van der Waals surface area contributed by atoms with Crippen molar-refractivity contribution in [1.82, 2.24) is 0 Å². The average molecular weight is 326 g/mol. The smallest absolute Gasteiger partial charge is 0.173 e. The fraction of sp³-hybridized carbons (Fsp3) is 0.133. The van der Waals surface area contributed by atoms with Gasteiger partial charge >= 0.3 is 0 Å². The highest BCUT2D eigenvalue weighted by atomic mass is 35.5. The Morgan fingerprint density at radius 3 is 2.38 bits per heavy atom. The lowest BCUT2D eigenvalue weighted by atomic mass is 10.2. The molecule has 0 radical (unpaired) electrons. The van der Waals surface area contributed by atoms with Crippen LogP contribution in [0, 0.1) is 5.82 Å². The summed E-state index contributed by atoms with van der Waals surface area (Å²) in [5.74, 6) is 0.188. The number of hydrogen-bond acceptors (Lipinski definition) is 3. The Bertz CT molecular complexity index is 614. The number of nitrogens with two attached hydrogens (primary N) is 1. The van der Waals surface area contributed by atoms with Crippen molar-refractivity contribution in [2.45, 2.75) is 0 Å². The van der Waals surface area contributed by atoms with Gasteiger partial charge in [0.1, 0.15) is 24.0 Å². The molecule has 0 aliphatic heterocycles. The molecule has 6 heteroatoms. The third-order valence-corrected chi connectivity index (χ3v) is 3.19. The molecule has 2 rings (SSSR count). The first-order valence-electron chi connectivity index (χ1n) is 6.17. The van der Waals surface area contributed by atoms with Crippen molar-refractivity contribution in [3.63, 3.8) is 0 Å². The molecule has 0 saturated heterocycles. The summed E-state index contributed by atoms with van der Waals surface area (Å²) in [5, 5.41) is 0.232. The first kappa shape index (κ1) is 15.5. The van der Waals surface area contributed by atoms with E-state index in [1.165, 1.54) is 12.1 Å². The molecule has 0 spiro atoms. The molecule has 2 aromatic carbocycles. The number of hydrogen-bond donors (Lipinski definition) is 1. The van der Waals surface area contributed by atoms with Gasteiger partial charge in [-0.2, -0.15) is 0 Å². The van der Waals surface area contributed by atoms with Crippen molar-refractivity contribution in [2.24, 2.45) is 5.73 Å². The van der Waals surface area contributed by atoms with E-state index in [1.807, 2.05) is 0 Å². The van der Waals surface area contributed by atoms with Gasteiger partial charge in [-0.1, -0.05) is 29.9 Å². The Kier molecular flexibility index (Phi) is 5.36. The summed E-state index contributed by atoms with van der Waals surface area (Å²) in [6.45, 7) is 0.439. The van der Waals surface area contributed by atoms with Gasteiger partial charge in [-0.05, 0) is 36.4 Å². The van der Waals surface area contributed by atoms with Crippen molar-refractivity contribution in [2.75, 3.05) is 13.2 Å². The molecule has 0 amide bonds. The molecule has 110 valence electrons. The monoisotopic (exact) mass is 325 g/mol. The molecule has 0 fully saturated rings. The van der Waals surface area contributed by atoms with E-state index in [0.717, 1.165) is 5.56 Å². The first-order valence-corrected chi connectivity index (χ1v) is 6.96. The standard InChI is InChI=1S/C15H13ClFNO2S/c16-12-2-1-3-13(17)14(12)20-9-8-19-11-6-4-10(5-7-11)15(18)21/h1-7H,8-9H2,(H2,18,21). The first-order chi connectivity index (χ1) is 10.1. The molecule has 0 heterocycles. The van der Waals surface area contributed by atoms with Crippen LogP contribution < -0.4 is 15.2 Å². The van der Waals surface area contributed by atoms with Gasteiger partial charge in [0.25, 0.3) is 0 Å². The zero-order valence-electron chi connectivity index (χ0n) is 11.0. The number of rotatable bonds is 6. The molecular formula is C15H13ClFNO2S. The summed E-state index contributed by atoms with van der Waals surface area (Å²) in [4.78, 5) is 0.332. The van der Waals surface area contributed by atoms with E-state index in [0.29, 0.717) is 10.7 Å². The topological polar surface area (TPSA) is 44.5 Å². The number of thiocarbonyl (C=S) groups is 1. The van der Waals surface area contributed by atoms with Gasteiger partial charge in [-0.25, -0.2) is 4.39 Å². The van der Waals surface area contributed by atoms with E-state index in [4.69, 9.17) is 39.0 Å². The molecule has 2 aromatic rings. The summed E-state index contributed by atoms with van der Waals surface area (Å²) < 4.78 is 24.2. The van der Waals surface area contributed by atoms with Crippen LogP contribution in [0.5, 0.6) is 11.5 Å². The fourth-order valence-electron chi connectivity index (χ4n) is 1.64. The van der Waals surface area contributed by atoms with Gasteiger partial charge in [0.2, 0.25) is 0 Å². The van der Waals surface area contributed by atoms with Crippen molar-refractivity contribution in [3.8, 4) is 11.5 Å². The second-order valence-corrected chi connectivity index (χ2v) is 4.98. The minimum Gasteiger partial charge on any atom is -0.490 e. The van der Waals surface area contributed by atoms with E-state index < -0.39 is 5.82 Å². The van der Waals surface area contributed by atoms with Crippen LogP contribution in [0.25, 0.3) is 0 Å². The van der Waals surface area contributed by atoms with Gasteiger partial charge in [0.05, 0.1) is 5.02 Å². The molecule has 0 saturated carbocycles. The molecule has 0 atom stereocenters. The molecule has 3 nitrogen and oxygen atoms in total. The number of ether oxygens (including phenoxy) is 2. The van der Waals surface area contributed by atoms with Crippen LogP contribution >= 0.6 is 23.8 Å². The third kappa shape index (κ3) is 4.31.